The fourth-order valence-corrected chi connectivity index (χ4v) is 4.78. The SMILES string of the molecule is O=S(=O)(c1cccc(F)c1)N1CCN(c2nc(C(F)(F)F)cs2)CC1. The summed E-state index contributed by atoms with van der Waals surface area (Å²) in [6.45, 7) is 0.582. The van der Waals surface area contributed by atoms with Crippen molar-refractivity contribution in [1.82, 2.24) is 9.29 Å². The minimum Gasteiger partial charge on any atom is -0.345 e. The Morgan fingerprint density at radius 2 is 1.80 bits per heavy atom. The van der Waals surface area contributed by atoms with Gasteiger partial charge < -0.3 is 4.90 Å². The highest BCUT2D eigenvalue weighted by Crippen LogP contribution is 2.33. The van der Waals surface area contributed by atoms with Crippen LogP contribution in [0.5, 0.6) is 0 Å². The first-order valence-electron chi connectivity index (χ1n) is 7.21. The molecule has 1 aliphatic rings. The van der Waals surface area contributed by atoms with Crippen LogP contribution < -0.4 is 4.90 Å². The lowest BCUT2D eigenvalue weighted by Crippen LogP contribution is -2.48. The van der Waals surface area contributed by atoms with Crippen LogP contribution in [0.3, 0.4) is 0 Å². The normalized spacial score (nSPS) is 17.0. The van der Waals surface area contributed by atoms with E-state index in [0.717, 1.165) is 28.8 Å². The fourth-order valence-electron chi connectivity index (χ4n) is 2.44. The van der Waals surface area contributed by atoms with Gasteiger partial charge in [0.15, 0.2) is 10.8 Å². The van der Waals surface area contributed by atoms with Crippen LogP contribution in [-0.2, 0) is 16.2 Å². The van der Waals surface area contributed by atoms with Gasteiger partial charge >= 0.3 is 6.18 Å². The first-order valence-corrected chi connectivity index (χ1v) is 9.53. The molecule has 0 saturated carbocycles. The van der Waals surface area contributed by atoms with Crippen molar-refractivity contribution in [2.24, 2.45) is 0 Å². The average Bonchev–Trinajstić information content (AvgIpc) is 3.05. The molecule has 1 aromatic carbocycles. The third kappa shape index (κ3) is 3.77. The minimum atomic E-state index is -4.50. The van der Waals surface area contributed by atoms with E-state index in [1.54, 1.807) is 4.90 Å². The molecule has 1 fully saturated rings. The maximum atomic E-state index is 13.3. The van der Waals surface area contributed by atoms with Crippen molar-refractivity contribution in [2.75, 3.05) is 31.1 Å². The number of hydrogen-bond donors (Lipinski definition) is 0. The number of anilines is 1. The molecule has 25 heavy (non-hydrogen) atoms. The molecule has 1 aromatic heterocycles. The molecule has 0 radical (unpaired) electrons. The number of hydrogen-bond acceptors (Lipinski definition) is 5. The molecule has 0 spiro atoms. The zero-order valence-corrected chi connectivity index (χ0v) is 14.3. The molecule has 1 aliphatic heterocycles. The van der Waals surface area contributed by atoms with Crippen LogP contribution >= 0.6 is 11.3 Å². The van der Waals surface area contributed by atoms with Crippen LogP contribution in [0.2, 0.25) is 0 Å². The number of thiazole rings is 1. The van der Waals surface area contributed by atoms with Crippen LogP contribution in [0.1, 0.15) is 5.69 Å². The average molecular weight is 395 g/mol. The standard InChI is InChI=1S/C14H13F4N3O2S2/c15-10-2-1-3-11(8-10)25(22,23)21-6-4-20(5-7-21)13-19-12(9-24-13)14(16,17)18/h1-3,8-9H,4-7H2. The van der Waals surface area contributed by atoms with E-state index in [1.165, 1.54) is 16.4 Å². The van der Waals surface area contributed by atoms with Gasteiger partial charge in [0.05, 0.1) is 4.90 Å². The molecular weight excluding hydrogens is 382 g/mol. The van der Waals surface area contributed by atoms with Crippen molar-refractivity contribution < 1.29 is 26.0 Å². The van der Waals surface area contributed by atoms with Gasteiger partial charge in [0, 0.05) is 31.6 Å². The highest BCUT2D eigenvalue weighted by molar-refractivity contribution is 7.89. The number of nitrogens with zero attached hydrogens (tertiary/aromatic N) is 3. The molecule has 3 rings (SSSR count). The molecular formula is C14H13F4N3O2S2. The number of rotatable bonds is 3. The summed E-state index contributed by atoms with van der Waals surface area (Å²) in [4.78, 5) is 5.03. The number of benzene rings is 1. The van der Waals surface area contributed by atoms with Crippen molar-refractivity contribution in [2.45, 2.75) is 11.1 Å². The van der Waals surface area contributed by atoms with Crippen LogP contribution in [0.15, 0.2) is 34.5 Å². The molecule has 2 heterocycles. The van der Waals surface area contributed by atoms with Gasteiger partial charge in [-0.2, -0.15) is 17.5 Å². The molecule has 5 nitrogen and oxygen atoms in total. The Kier molecular flexibility index (Phi) is 4.73. The van der Waals surface area contributed by atoms with Gasteiger partial charge in [-0.3, -0.25) is 0 Å². The highest BCUT2D eigenvalue weighted by atomic mass is 32.2. The molecule has 0 unspecified atom stereocenters. The van der Waals surface area contributed by atoms with E-state index >= 15 is 0 Å². The molecule has 11 heteroatoms. The van der Waals surface area contributed by atoms with Crippen LogP contribution in [0.25, 0.3) is 0 Å². The zero-order chi connectivity index (χ0) is 18.2. The van der Waals surface area contributed by atoms with Crippen molar-refractivity contribution in [1.29, 1.82) is 0 Å². The summed E-state index contributed by atoms with van der Waals surface area (Å²) in [5, 5.41) is 1.14. The summed E-state index contributed by atoms with van der Waals surface area (Å²) in [6, 6.07) is 4.71. The quantitative estimate of drug-likeness (QED) is 0.750. The van der Waals surface area contributed by atoms with Crippen LogP contribution in [0.4, 0.5) is 22.7 Å². The van der Waals surface area contributed by atoms with Gasteiger partial charge in [-0.05, 0) is 18.2 Å². The lowest BCUT2D eigenvalue weighted by Gasteiger charge is -2.33. The molecule has 0 aliphatic carbocycles. The second-order valence-corrected chi connectivity index (χ2v) is 8.14. The minimum absolute atomic E-state index is 0.0831. The van der Waals surface area contributed by atoms with E-state index in [9.17, 15) is 26.0 Å². The number of halogens is 4. The van der Waals surface area contributed by atoms with Gasteiger partial charge in [0.2, 0.25) is 10.0 Å². The highest BCUT2D eigenvalue weighted by Gasteiger charge is 2.35. The first kappa shape index (κ1) is 18.1. The topological polar surface area (TPSA) is 53.5 Å². The Balaban J connectivity index is 1.70. The van der Waals surface area contributed by atoms with Crippen molar-refractivity contribution in [3.63, 3.8) is 0 Å². The molecule has 136 valence electrons. The third-order valence-electron chi connectivity index (χ3n) is 3.73. The van der Waals surface area contributed by atoms with E-state index in [1.807, 2.05) is 0 Å². The van der Waals surface area contributed by atoms with E-state index in [-0.39, 0.29) is 36.2 Å². The van der Waals surface area contributed by atoms with E-state index in [4.69, 9.17) is 0 Å². The maximum Gasteiger partial charge on any atom is 0.434 e. The maximum absolute atomic E-state index is 13.3. The second kappa shape index (κ2) is 6.54. The van der Waals surface area contributed by atoms with Crippen molar-refractivity contribution in [3.05, 3.63) is 41.2 Å². The number of sulfonamides is 1. The second-order valence-electron chi connectivity index (χ2n) is 5.36. The van der Waals surface area contributed by atoms with Crippen molar-refractivity contribution in [3.8, 4) is 0 Å². The zero-order valence-electron chi connectivity index (χ0n) is 12.7. The van der Waals surface area contributed by atoms with Crippen LogP contribution in [-0.4, -0.2) is 43.9 Å². The van der Waals surface area contributed by atoms with E-state index in [2.05, 4.69) is 4.98 Å². The summed E-state index contributed by atoms with van der Waals surface area (Å²) in [5.41, 5.74) is -0.956. The van der Waals surface area contributed by atoms with Gasteiger partial charge in [-0.15, -0.1) is 11.3 Å². The van der Waals surface area contributed by atoms with Gasteiger partial charge in [-0.1, -0.05) is 6.07 Å². The Hall–Kier alpha value is -1.72. The summed E-state index contributed by atoms with van der Waals surface area (Å²) in [5.74, 6) is -0.651. The molecule has 0 amide bonds. The van der Waals surface area contributed by atoms with Gasteiger partial charge in [0.25, 0.3) is 0 Å². The smallest absolute Gasteiger partial charge is 0.345 e. The lowest BCUT2D eigenvalue weighted by atomic mass is 10.4. The predicted octanol–water partition coefficient (Wildman–Crippen LogP) is 2.81. The largest absolute Gasteiger partial charge is 0.434 e. The van der Waals surface area contributed by atoms with Crippen LogP contribution in [0, 0.1) is 5.82 Å². The number of aromatic nitrogens is 1. The Morgan fingerprint density at radius 1 is 1.12 bits per heavy atom. The summed E-state index contributed by atoms with van der Waals surface area (Å²) in [7, 11) is -3.84. The summed E-state index contributed by atoms with van der Waals surface area (Å²) >= 11 is 0.867. The van der Waals surface area contributed by atoms with Gasteiger partial charge in [-0.25, -0.2) is 17.8 Å². The molecule has 0 N–H and O–H groups in total. The Morgan fingerprint density at radius 3 is 2.36 bits per heavy atom. The van der Waals surface area contributed by atoms with Crippen molar-refractivity contribution >= 4 is 26.5 Å². The Labute approximate surface area is 145 Å². The molecule has 1 saturated heterocycles. The summed E-state index contributed by atoms with van der Waals surface area (Å²) < 4.78 is 77.3. The molecule has 0 atom stereocenters. The fraction of sp³-hybridized carbons (Fsp3) is 0.357. The monoisotopic (exact) mass is 395 g/mol. The van der Waals surface area contributed by atoms with E-state index in [0.29, 0.717) is 0 Å². The Bertz CT molecular complexity index is 859. The molecule has 0 bridgehead atoms. The molecule has 2 aromatic rings. The lowest BCUT2D eigenvalue weighted by molar-refractivity contribution is -0.140. The third-order valence-corrected chi connectivity index (χ3v) is 6.52. The first-order chi connectivity index (χ1) is 11.7. The summed E-state index contributed by atoms with van der Waals surface area (Å²) in [6.07, 6.45) is -4.50. The predicted molar refractivity (Wildman–Crippen MR) is 84.5 cm³/mol. The number of piperazine rings is 1. The number of alkyl halides is 3. The van der Waals surface area contributed by atoms with Gasteiger partial charge in [0.1, 0.15) is 5.82 Å². The van der Waals surface area contributed by atoms with E-state index < -0.39 is 27.7 Å².